The highest BCUT2D eigenvalue weighted by Crippen LogP contribution is 2.21. The monoisotopic (exact) mass is 200 g/mol. The van der Waals surface area contributed by atoms with Gasteiger partial charge in [0.15, 0.2) is 0 Å². The van der Waals surface area contributed by atoms with Crippen molar-refractivity contribution >= 4 is 11.6 Å². The molecule has 0 aliphatic rings. The van der Waals surface area contributed by atoms with Gasteiger partial charge >= 0.3 is 0 Å². The highest BCUT2D eigenvalue weighted by molar-refractivity contribution is 6.31. The second-order valence-corrected chi connectivity index (χ2v) is 3.48. The van der Waals surface area contributed by atoms with Gasteiger partial charge in [0.05, 0.1) is 6.10 Å². The summed E-state index contributed by atoms with van der Waals surface area (Å²) in [5.41, 5.74) is 1.02. The maximum absolute atomic E-state index is 8.98. The van der Waals surface area contributed by atoms with Gasteiger partial charge in [-0.2, -0.15) is 0 Å². The minimum Gasteiger partial charge on any atom is -0.491 e. The zero-order chi connectivity index (χ0) is 9.84. The average molecular weight is 201 g/mol. The predicted molar refractivity (Wildman–Crippen MR) is 53.4 cm³/mol. The molecular weight excluding hydrogens is 188 g/mol. The lowest BCUT2D eigenvalue weighted by Gasteiger charge is -2.08. The third-order valence-electron chi connectivity index (χ3n) is 1.63. The third-order valence-corrected chi connectivity index (χ3v) is 2.04. The van der Waals surface area contributed by atoms with Crippen LogP contribution in [0.4, 0.5) is 0 Å². The van der Waals surface area contributed by atoms with Crippen LogP contribution in [0, 0.1) is 6.92 Å². The smallest absolute Gasteiger partial charge is 0.120 e. The first-order chi connectivity index (χ1) is 6.09. The van der Waals surface area contributed by atoms with E-state index in [2.05, 4.69) is 0 Å². The van der Waals surface area contributed by atoms with E-state index in [1.807, 2.05) is 19.1 Å². The largest absolute Gasteiger partial charge is 0.491 e. The Balaban J connectivity index is 2.63. The van der Waals surface area contributed by atoms with Gasteiger partial charge in [0.2, 0.25) is 0 Å². The van der Waals surface area contributed by atoms with Crippen LogP contribution in [0.15, 0.2) is 18.2 Å². The van der Waals surface area contributed by atoms with Crippen LogP contribution in [0.3, 0.4) is 0 Å². The van der Waals surface area contributed by atoms with Gasteiger partial charge in [-0.15, -0.1) is 0 Å². The van der Waals surface area contributed by atoms with E-state index in [0.717, 1.165) is 5.56 Å². The lowest BCUT2D eigenvalue weighted by molar-refractivity contribution is 0.123. The summed E-state index contributed by atoms with van der Waals surface area (Å²) in [7, 11) is 0. The Morgan fingerprint density at radius 2 is 2.23 bits per heavy atom. The number of ether oxygens (including phenoxy) is 1. The number of hydrogen-bond donors (Lipinski definition) is 1. The molecule has 1 aromatic carbocycles. The normalized spacial score (nSPS) is 12.6. The number of rotatable bonds is 3. The molecule has 0 bridgehead atoms. The van der Waals surface area contributed by atoms with Crippen LogP contribution >= 0.6 is 11.6 Å². The zero-order valence-corrected chi connectivity index (χ0v) is 8.51. The lowest BCUT2D eigenvalue weighted by Crippen LogP contribution is -2.12. The van der Waals surface area contributed by atoms with E-state index in [1.54, 1.807) is 13.0 Å². The van der Waals surface area contributed by atoms with Crippen molar-refractivity contribution in [1.82, 2.24) is 0 Å². The average Bonchev–Trinajstić information content (AvgIpc) is 2.07. The molecule has 1 N–H and O–H groups in total. The molecule has 0 heterocycles. The fourth-order valence-corrected chi connectivity index (χ4v) is 1.05. The molecular formula is C10H13ClO2. The van der Waals surface area contributed by atoms with Crippen LogP contribution in [0.1, 0.15) is 12.5 Å². The second kappa shape index (κ2) is 4.49. The molecule has 0 fully saturated rings. The van der Waals surface area contributed by atoms with Crippen LogP contribution in [0.2, 0.25) is 5.02 Å². The summed E-state index contributed by atoms with van der Waals surface area (Å²) in [5.74, 6) is 0.691. The fourth-order valence-electron chi connectivity index (χ4n) is 0.880. The van der Waals surface area contributed by atoms with E-state index < -0.39 is 6.10 Å². The van der Waals surface area contributed by atoms with Crippen LogP contribution in [-0.2, 0) is 0 Å². The maximum atomic E-state index is 8.98. The molecule has 0 aromatic heterocycles. The van der Waals surface area contributed by atoms with Crippen molar-refractivity contribution in [2.45, 2.75) is 20.0 Å². The van der Waals surface area contributed by atoms with E-state index in [4.69, 9.17) is 21.4 Å². The predicted octanol–water partition coefficient (Wildman–Crippen LogP) is 2.41. The Bertz CT molecular complexity index is 284. The number of aliphatic hydroxyl groups excluding tert-OH is 1. The fraction of sp³-hybridized carbons (Fsp3) is 0.400. The molecule has 1 aromatic rings. The molecule has 13 heavy (non-hydrogen) atoms. The summed E-state index contributed by atoms with van der Waals surface area (Å²) in [6.45, 7) is 3.90. The topological polar surface area (TPSA) is 29.5 Å². The zero-order valence-electron chi connectivity index (χ0n) is 7.75. The molecule has 0 unspecified atom stereocenters. The third kappa shape index (κ3) is 3.25. The van der Waals surface area contributed by atoms with Crippen molar-refractivity contribution in [3.8, 4) is 5.75 Å². The number of halogens is 1. The van der Waals surface area contributed by atoms with E-state index in [9.17, 15) is 0 Å². The standard InChI is InChI=1S/C10H13ClO2/c1-7-3-4-9(5-10(7)11)13-6-8(2)12/h3-5,8,12H,6H2,1-2H3/t8-/m1/s1. The molecule has 2 nitrogen and oxygen atoms in total. The molecule has 0 radical (unpaired) electrons. The van der Waals surface area contributed by atoms with Crippen molar-refractivity contribution in [3.63, 3.8) is 0 Å². The first kappa shape index (κ1) is 10.4. The van der Waals surface area contributed by atoms with Crippen LogP contribution < -0.4 is 4.74 Å². The SMILES string of the molecule is Cc1ccc(OC[C@@H](C)O)cc1Cl. The number of benzene rings is 1. The van der Waals surface area contributed by atoms with E-state index in [0.29, 0.717) is 17.4 Å². The Morgan fingerprint density at radius 3 is 2.77 bits per heavy atom. The van der Waals surface area contributed by atoms with Crippen molar-refractivity contribution in [1.29, 1.82) is 0 Å². The molecule has 0 amide bonds. The molecule has 72 valence electrons. The van der Waals surface area contributed by atoms with Crippen LogP contribution in [-0.4, -0.2) is 17.8 Å². The number of aryl methyl sites for hydroxylation is 1. The molecule has 0 aliphatic heterocycles. The molecule has 0 saturated heterocycles. The summed E-state index contributed by atoms with van der Waals surface area (Å²) < 4.78 is 5.27. The van der Waals surface area contributed by atoms with E-state index >= 15 is 0 Å². The molecule has 1 rings (SSSR count). The first-order valence-corrected chi connectivity index (χ1v) is 4.54. The summed E-state index contributed by atoms with van der Waals surface area (Å²) in [4.78, 5) is 0. The lowest BCUT2D eigenvalue weighted by atomic mass is 10.2. The maximum Gasteiger partial charge on any atom is 0.120 e. The molecule has 0 aliphatic carbocycles. The van der Waals surface area contributed by atoms with Gasteiger partial charge in [-0.3, -0.25) is 0 Å². The van der Waals surface area contributed by atoms with Crippen LogP contribution in [0.25, 0.3) is 0 Å². The Hall–Kier alpha value is -0.730. The quantitative estimate of drug-likeness (QED) is 0.812. The van der Waals surface area contributed by atoms with Crippen molar-refractivity contribution in [2.75, 3.05) is 6.61 Å². The minimum atomic E-state index is -0.458. The highest BCUT2D eigenvalue weighted by Gasteiger charge is 2.00. The Labute approximate surface area is 83.1 Å². The van der Waals surface area contributed by atoms with E-state index in [1.165, 1.54) is 0 Å². The Morgan fingerprint density at radius 1 is 1.54 bits per heavy atom. The van der Waals surface area contributed by atoms with Gasteiger partial charge < -0.3 is 9.84 Å². The van der Waals surface area contributed by atoms with Crippen molar-refractivity contribution < 1.29 is 9.84 Å². The molecule has 3 heteroatoms. The summed E-state index contributed by atoms with van der Waals surface area (Å²) in [6, 6.07) is 5.47. The number of hydrogen-bond acceptors (Lipinski definition) is 2. The summed E-state index contributed by atoms with van der Waals surface area (Å²) in [5, 5.41) is 9.66. The highest BCUT2D eigenvalue weighted by atomic mass is 35.5. The van der Waals surface area contributed by atoms with Gasteiger partial charge in [-0.05, 0) is 31.5 Å². The summed E-state index contributed by atoms with van der Waals surface area (Å²) >= 11 is 5.89. The molecule has 0 saturated carbocycles. The van der Waals surface area contributed by atoms with Gasteiger partial charge in [0.1, 0.15) is 12.4 Å². The second-order valence-electron chi connectivity index (χ2n) is 3.07. The Kier molecular flexibility index (Phi) is 3.58. The summed E-state index contributed by atoms with van der Waals surface area (Å²) in [6.07, 6.45) is -0.458. The molecule has 1 atom stereocenters. The van der Waals surface area contributed by atoms with Crippen molar-refractivity contribution in [3.05, 3.63) is 28.8 Å². The van der Waals surface area contributed by atoms with E-state index in [-0.39, 0.29) is 0 Å². The van der Waals surface area contributed by atoms with Gasteiger partial charge in [-0.25, -0.2) is 0 Å². The van der Waals surface area contributed by atoms with Crippen molar-refractivity contribution in [2.24, 2.45) is 0 Å². The molecule has 0 spiro atoms. The minimum absolute atomic E-state index is 0.291. The number of aliphatic hydroxyl groups is 1. The first-order valence-electron chi connectivity index (χ1n) is 4.16. The van der Waals surface area contributed by atoms with Gasteiger partial charge in [0, 0.05) is 5.02 Å². The van der Waals surface area contributed by atoms with Crippen LogP contribution in [0.5, 0.6) is 5.75 Å². The van der Waals surface area contributed by atoms with Gasteiger partial charge in [0.25, 0.3) is 0 Å². The van der Waals surface area contributed by atoms with Gasteiger partial charge in [-0.1, -0.05) is 17.7 Å².